The second-order valence-electron chi connectivity index (χ2n) is 6.34. The molecular weight excluding hydrogens is 274 g/mol. The highest BCUT2D eigenvalue weighted by molar-refractivity contribution is 5.92. The fraction of sp³-hybridized carbons (Fsp3) is 0.333. The Morgan fingerprint density at radius 1 is 1.18 bits per heavy atom. The largest absolute Gasteiger partial charge is 0.327 e. The molecule has 2 aromatic rings. The molecule has 2 heterocycles. The summed E-state index contributed by atoms with van der Waals surface area (Å²) in [4.78, 5) is 19.1. The lowest BCUT2D eigenvalue weighted by Gasteiger charge is -2.44. The fourth-order valence-electron chi connectivity index (χ4n) is 2.90. The van der Waals surface area contributed by atoms with E-state index in [-0.39, 0.29) is 17.5 Å². The minimum Gasteiger partial charge on any atom is -0.327 e. The number of amides is 1. The van der Waals surface area contributed by atoms with Crippen LogP contribution in [0.15, 0.2) is 54.7 Å². The molecule has 1 saturated heterocycles. The van der Waals surface area contributed by atoms with Gasteiger partial charge in [0.15, 0.2) is 0 Å². The predicted octanol–water partition coefficient (Wildman–Crippen LogP) is 2.65. The second-order valence-corrected chi connectivity index (χ2v) is 6.34. The number of hydrogen-bond donors (Lipinski definition) is 1. The van der Waals surface area contributed by atoms with E-state index in [1.807, 2.05) is 35.2 Å². The number of pyridine rings is 1. The monoisotopic (exact) mass is 295 g/mol. The van der Waals surface area contributed by atoms with Gasteiger partial charge in [0.2, 0.25) is 0 Å². The minimum atomic E-state index is -0.101. The molecule has 22 heavy (non-hydrogen) atoms. The van der Waals surface area contributed by atoms with Gasteiger partial charge in [-0.25, -0.2) is 0 Å². The lowest BCUT2D eigenvalue weighted by molar-refractivity contribution is 0.0496. The van der Waals surface area contributed by atoms with Crippen molar-refractivity contribution in [1.29, 1.82) is 0 Å². The Hall–Kier alpha value is -2.20. The van der Waals surface area contributed by atoms with Crippen LogP contribution in [0.2, 0.25) is 0 Å². The minimum absolute atomic E-state index is 0.0102. The Balaban J connectivity index is 1.93. The first kappa shape index (κ1) is 14.7. The zero-order valence-corrected chi connectivity index (χ0v) is 13.0. The van der Waals surface area contributed by atoms with Gasteiger partial charge in [-0.3, -0.25) is 9.78 Å². The molecule has 1 aliphatic rings. The topological polar surface area (TPSA) is 45.2 Å². The number of carbonyl (C=O) groups excluding carboxylic acids is 1. The summed E-state index contributed by atoms with van der Waals surface area (Å²) in [5, 5.41) is 3.53. The first-order chi connectivity index (χ1) is 10.6. The smallest absolute Gasteiger partial charge is 0.273 e. The Bertz CT molecular complexity index is 640. The van der Waals surface area contributed by atoms with E-state index in [1.165, 1.54) is 0 Å². The van der Waals surface area contributed by atoms with Crippen LogP contribution < -0.4 is 5.32 Å². The van der Waals surface area contributed by atoms with Crippen molar-refractivity contribution in [3.63, 3.8) is 0 Å². The molecule has 1 aromatic heterocycles. The van der Waals surface area contributed by atoms with E-state index in [0.717, 1.165) is 12.1 Å². The van der Waals surface area contributed by atoms with Gasteiger partial charge in [0.05, 0.1) is 6.04 Å². The molecule has 4 nitrogen and oxygen atoms in total. The highest BCUT2D eigenvalue weighted by Crippen LogP contribution is 2.28. The van der Waals surface area contributed by atoms with Crippen LogP contribution in [0.25, 0.3) is 0 Å². The van der Waals surface area contributed by atoms with Gasteiger partial charge in [0.25, 0.3) is 5.91 Å². The van der Waals surface area contributed by atoms with Gasteiger partial charge in [-0.1, -0.05) is 36.4 Å². The van der Waals surface area contributed by atoms with Crippen molar-refractivity contribution in [2.45, 2.75) is 25.4 Å². The molecule has 0 saturated carbocycles. The van der Waals surface area contributed by atoms with E-state index < -0.39 is 0 Å². The third kappa shape index (κ3) is 3.02. The summed E-state index contributed by atoms with van der Waals surface area (Å²) in [7, 11) is 0. The number of nitrogens with one attached hydrogen (secondary N) is 1. The van der Waals surface area contributed by atoms with Gasteiger partial charge in [-0.05, 0) is 31.5 Å². The molecule has 1 aliphatic heterocycles. The number of hydrogen-bond acceptors (Lipinski definition) is 3. The third-order valence-corrected chi connectivity index (χ3v) is 4.05. The molecule has 0 spiro atoms. The molecule has 1 atom stereocenters. The zero-order valence-electron chi connectivity index (χ0n) is 13.0. The highest BCUT2D eigenvalue weighted by Gasteiger charge is 2.36. The summed E-state index contributed by atoms with van der Waals surface area (Å²) in [6.45, 7) is 5.64. The van der Waals surface area contributed by atoms with Crippen molar-refractivity contribution < 1.29 is 4.79 Å². The maximum Gasteiger partial charge on any atom is 0.273 e. The van der Waals surface area contributed by atoms with Gasteiger partial charge >= 0.3 is 0 Å². The van der Waals surface area contributed by atoms with Gasteiger partial charge in [-0.15, -0.1) is 0 Å². The normalized spacial score (nSPS) is 20.6. The van der Waals surface area contributed by atoms with Crippen molar-refractivity contribution in [2.75, 3.05) is 13.1 Å². The average molecular weight is 295 g/mol. The molecule has 0 aliphatic carbocycles. The van der Waals surface area contributed by atoms with Gasteiger partial charge < -0.3 is 10.2 Å². The average Bonchev–Trinajstić information content (AvgIpc) is 2.55. The Labute approximate surface area is 131 Å². The van der Waals surface area contributed by atoms with Crippen LogP contribution in [0.5, 0.6) is 0 Å². The number of benzene rings is 1. The van der Waals surface area contributed by atoms with Crippen molar-refractivity contribution in [2.24, 2.45) is 0 Å². The van der Waals surface area contributed by atoms with E-state index in [1.54, 1.807) is 12.3 Å². The first-order valence-corrected chi connectivity index (χ1v) is 7.59. The van der Waals surface area contributed by atoms with Crippen LogP contribution in [0.4, 0.5) is 0 Å². The van der Waals surface area contributed by atoms with Crippen molar-refractivity contribution >= 4 is 5.91 Å². The Morgan fingerprint density at radius 3 is 2.59 bits per heavy atom. The summed E-state index contributed by atoms with van der Waals surface area (Å²) in [5.74, 6) is -0.0102. The number of nitrogens with zero attached hydrogens (tertiary/aromatic N) is 2. The molecule has 4 heteroatoms. The standard InChI is InChI=1S/C18H21N3O/c1-18(2)13-21(17(22)15-10-6-7-11-19-15)16(12-20-18)14-8-4-3-5-9-14/h3-11,16,20H,12-13H2,1-2H3. The molecule has 1 N–H and O–H groups in total. The SMILES string of the molecule is CC1(C)CN(C(=O)c2ccccn2)C(c2ccccc2)CN1. The van der Waals surface area contributed by atoms with E-state index in [9.17, 15) is 4.79 Å². The van der Waals surface area contributed by atoms with Crippen molar-refractivity contribution in [3.05, 3.63) is 66.0 Å². The van der Waals surface area contributed by atoms with Crippen LogP contribution in [-0.4, -0.2) is 34.4 Å². The van der Waals surface area contributed by atoms with E-state index >= 15 is 0 Å². The molecule has 1 unspecified atom stereocenters. The van der Waals surface area contributed by atoms with Crippen LogP contribution in [0.1, 0.15) is 35.9 Å². The zero-order chi connectivity index (χ0) is 15.6. The van der Waals surface area contributed by atoms with E-state index in [2.05, 4.69) is 36.3 Å². The number of piperazine rings is 1. The lowest BCUT2D eigenvalue weighted by Crippen LogP contribution is -2.59. The summed E-state index contributed by atoms with van der Waals surface area (Å²) in [6, 6.07) is 15.7. The fourth-order valence-corrected chi connectivity index (χ4v) is 2.90. The van der Waals surface area contributed by atoms with Crippen molar-refractivity contribution in [1.82, 2.24) is 15.2 Å². The molecule has 1 aromatic carbocycles. The van der Waals surface area contributed by atoms with Crippen LogP contribution in [0.3, 0.4) is 0 Å². The van der Waals surface area contributed by atoms with E-state index in [4.69, 9.17) is 0 Å². The summed E-state index contributed by atoms with van der Waals surface area (Å²) >= 11 is 0. The first-order valence-electron chi connectivity index (χ1n) is 7.59. The number of aromatic nitrogens is 1. The Kier molecular flexibility index (Phi) is 3.94. The summed E-state index contributed by atoms with van der Waals surface area (Å²) in [6.07, 6.45) is 1.66. The van der Waals surface area contributed by atoms with Crippen LogP contribution in [-0.2, 0) is 0 Å². The van der Waals surface area contributed by atoms with Gasteiger partial charge in [-0.2, -0.15) is 0 Å². The molecule has 0 radical (unpaired) electrons. The quantitative estimate of drug-likeness (QED) is 0.926. The molecule has 0 bridgehead atoms. The second kappa shape index (κ2) is 5.89. The van der Waals surface area contributed by atoms with Crippen LogP contribution in [0, 0.1) is 0 Å². The van der Waals surface area contributed by atoms with Crippen LogP contribution >= 0.6 is 0 Å². The predicted molar refractivity (Wildman–Crippen MR) is 86.5 cm³/mol. The number of rotatable bonds is 2. The number of carbonyl (C=O) groups is 1. The van der Waals surface area contributed by atoms with Gasteiger partial charge in [0, 0.05) is 24.8 Å². The van der Waals surface area contributed by atoms with Gasteiger partial charge in [0.1, 0.15) is 5.69 Å². The maximum absolute atomic E-state index is 12.9. The molecule has 1 amide bonds. The van der Waals surface area contributed by atoms with E-state index in [0.29, 0.717) is 12.2 Å². The molecule has 1 fully saturated rings. The lowest BCUT2D eigenvalue weighted by atomic mass is 9.94. The third-order valence-electron chi connectivity index (χ3n) is 4.05. The maximum atomic E-state index is 12.9. The Morgan fingerprint density at radius 2 is 1.91 bits per heavy atom. The molecule has 3 rings (SSSR count). The summed E-state index contributed by atoms with van der Waals surface area (Å²) in [5.41, 5.74) is 1.55. The van der Waals surface area contributed by atoms with Crippen molar-refractivity contribution in [3.8, 4) is 0 Å². The molecular formula is C18H21N3O. The highest BCUT2D eigenvalue weighted by atomic mass is 16.2. The summed E-state index contributed by atoms with van der Waals surface area (Å²) < 4.78 is 0. The molecule has 114 valence electrons.